The minimum atomic E-state index is -0.146. The Morgan fingerprint density at radius 3 is 2.62 bits per heavy atom. The van der Waals surface area contributed by atoms with E-state index in [1.807, 2.05) is 12.1 Å². The number of carbonyl (C=O) groups is 1. The number of carbonyl (C=O) groups excluding carboxylic acids is 1. The van der Waals surface area contributed by atoms with Crippen molar-refractivity contribution in [1.29, 1.82) is 0 Å². The first kappa shape index (κ1) is 15.3. The van der Waals surface area contributed by atoms with Crippen LogP contribution in [0.1, 0.15) is 5.56 Å². The van der Waals surface area contributed by atoms with Gasteiger partial charge in [0.25, 0.3) is 0 Å². The maximum atomic E-state index is 12.0. The molecule has 1 N–H and O–H groups in total. The quantitative estimate of drug-likeness (QED) is 0.842. The van der Waals surface area contributed by atoms with Crippen LogP contribution in [0.15, 0.2) is 41.0 Å². The van der Waals surface area contributed by atoms with Gasteiger partial charge in [0.05, 0.1) is 20.6 Å². The van der Waals surface area contributed by atoms with Gasteiger partial charge < -0.3 is 14.8 Å². The summed E-state index contributed by atoms with van der Waals surface area (Å²) < 4.78 is 11.1. The molecule has 0 atom stereocenters. The topological polar surface area (TPSA) is 60.5 Å². The van der Waals surface area contributed by atoms with E-state index in [9.17, 15) is 4.79 Å². The number of anilines is 1. The summed E-state index contributed by atoms with van der Waals surface area (Å²) in [6.45, 7) is 0. The number of methoxy groups -OCH3 is 2. The molecular weight excluding hydrogens is 336 g/mol. The molecule has 2 rings (SSSR count). The summed E-state index contributed by atoms with van der Waals surface area (Å²) in [5, 5.41) is 2.75. The maximum Gasteiger partial charge on any atom is 0.229 e. The molecule has 1 aromatic heterocycles. The number of aromatic nitrogens is 1. The lowest BCUT2D eigenvalue weighted by Gasteiger charge is -2.09. The minimum absolute atomic E-state index is 0.146. The van der Waals surface area contributed by atoms with E-state index in [0.717, 1.165) is 5.56 Å². The Balaban J connectivity index is 2.06. The van der Waals surface area contributed by atoms with Crippen molar-refractivity contribution in [1.82, 2.24) is 4.98 Å². The molecule has 6 heteroatoms. The van der Waals surface area contributed by atoms with Gasteiger partial charge in [-0.1, -0.05) is 12.1 Å². The Bertz CT molecular complexity index is 647. The average Bonchev–Trinajstić information content (AvgIpc) is 2.47. The fourth-order valence-corrected chi connectivity index (χ4v) is 2.18. The van der Waals surface area contributed by atoms with Crippen LogP contribution < -0.4 is 14.8 Å². The van der Waals surface area contributed by atoms with Crippen LogP contribution >= 0.6 is 15.9 Å². The molecule has 0 aliphatic carbocycles. The lowest BCUT2D eigenvalue weighted by atomic mass is 10.1. The summed E-state index contributed by atoms with van der Waals surface area (Å²) in [6, 6.07) is 10.7. The zero-order valence-corrected chi connectivity index (χ0v) is 13.3. The Hall–Kier alpha value is -2.08. The van der Waals surface area contributed by atoms with Crippen molar-refractivity contribution in [3.63, 3.8) is 0 Å². The van der Waals surface area contributed by atoms with Gasteiger partial charge in [-0.2, -0.15) is 0 Å². The lowest BCUT2D eigenvalue weighted by Crippen LogP contribution is -2.15. The van der Waals surface area contributed by atoms with E-state index in [-0.39, 0.29) is 12.3 Å². The molecule has 0 fully saturated rings. The summed E-state index contributed by atoms with van der Waals surface area (Å²) in [6.07, 6.45) is 0.231. The summed E-state index contributed by atoms with van der Waals surface area (Å²) in [7, 11) is 3.14. The standard InChI is InChI=1S/C15H15BrN2O3/c1-20-11-7-6-10(8-12(11)21-2)9-15(19)18-14-5-3-4-13(16)17-14/h3-8H,9H2,1-2H3,(H,17,18,19). The lowest BCUT2D eigenvalue weighted by molar-refractivity contribution is -0.115. The molecule has 0 saturated carbocycles. The molecule has 1 heterocycles. The molecule has 1 aromatic carbocycles. The van der Waals surface area contributed by atoms with Crippen LogP contribution in [-0.2, 0) is 11.2 Å². The predicted octanol–water partition coefficient (Wildman–Crippen LogP) is 3.04. The van der Waals surface area contributed by atoms with E-state index in [2.05, 4.69) is 26.2 Å². The van der Waals surface area contributed by atoms with Gasteiger partial charge in [-0.3, -0.25) is 4.79 Å². The van der Waals surface area contributed by atoms with Crippen LogP contribution in [-0.4, -0.2) is 25.1 Å². The monoisotopic (exact) mass is 350 g/mol. The zero-order valence-electron chi connectivity index (χ0n) is 11.7. The molecule has 21 heavy (non-hydrogen) atoms. The van der Waals surface area contributed by atoms with Crippen molar-refractivity contribution >= 4 is 27.7 Å². The number of nitrogens with zero attached hydrogens (tertiary/aromatic N) is 1. The molecule has 0 bridgehead atoms. The van der Waals surface area contributed by atoms with Crippen molar-refractivity contribution in [2.24, 2.45) is 0 Å². The Labute approximate surface area is 131 Å². The first-order valence-corrected chi connectivity index (χ1v) is 7.05. The highest BCUT2D eigenvalue weighted by Gasteiger charge is 2.09. The van der Waals surface area contributed by atoms with Crippen molar-refractivity contribution in [2.75, 3.05) is 19.5 Å². The number of nitrogens with one attached hydrogen (secondary N) is 1. The molecule has 0 spiro atoms. The molecule has 0 aliphatic heterocycles. The van der Waals surface area contributed by atoms with Crippen LogP contribution in [0, 0.1) is 0 Å². The molecular formula is C15H15BrN2O3. The van der Waals surface area contributed by atoms with Crippen molar-refractivity contribution < 1.29 is 14.3 Å². The third-order valence-corrected chi connectivity index (χ3v) is 3.24. The van der Waals surface area contributed by atoms with Gasteiger partial charge in [0.15, 0.2) is 11.5 Å². The predicted molar refractivity (Wildman–Crippen MR) is 83.8 cm³/mol. The average molecular weight is 351 g/mol. The summed E-state index contributed by atoms with van der Waals surface area (Å²) in [5.74, 6) is 1.60. The van der Waals surface area contributed by atoms with Gasteiger partial charge >= 0.3 is 0 Å². The number of ether oxygens (including phenoxy) is 2. The number of amides is 1. The molecule has 0 unspecified atom stereocenters. The molecule has 2 aromatic rings. The Morgan fingerprint density at radius 2 is 1.95 bits per heavy atom. The van der Waals surface area contributed by atoms with Gasteiger partial charge in [-0.25, -0.2) is 4.98 Å². The summed E-state index contributed by atoms with van der Waals surface area (Å²) in [4.78, 5) is 16.2. The van der Waals surface area contributed by atoms with Crippen molar-refractivity contribution in [3.05, 3.63) is 46.6 Å². The van der Waals surface area contributed by atoms with Gasteiger partial charge in [0.2, 0.25) is 5.91 Å². The summed E-state index contributed by atoms with van der Waals surface area (Å²) >= 11 is 3.26. The third kappa shape index (κ3) is 4.19. The second kappa shape index (κ2) is 7.08. The maximum absolute atomic E-state index is 12.0. The van der Waals surface area contributed by atoms with Gasteiger partial charge in [0, 0.05) is 0 Å². The van der Waals surface area contributed by atoms with E-state index in [1.54, 1.807) is 38.5 Å². The molecule has 1 amide bonds. The molecule has 110 valence electrons. The highest BCUT2D eigenvalue weighted by Crippen LogP contribution is 2.27. The number of pyridine rings is 1. The summed E-state index contributed by atoms with van der Waals surface area (Å²) in [5.41, 5.74) is 0.833. The van der Waals surface area contributed by atoms with Crippen LogP contribution in [0.4, 0.5) is 5.82 Å². The van der Waals surface area contributed by atoms with Crippen LogP contribution in [0.5, 0.6) is 11.5 Å². The number of rotatable bonds is 5. The Morgan fingerprint density at radius 1 is 1.19 bits per heavy atom. The fraction of sp³-hybridized carbons (Fsp3) is 0.200. The van der Waals surface area contributed by atoms with Crippen LogP contribution in [0.3, 0.4) is 0 Å². The highest BCUT2D eigenvalue weighted by atomic mass is 79.9. The SMILES string of the molecule is COc1ccc(CC(=O)Nc2cccc(Br)n2)cc1OC. The van der Waals surface area contributed by atoms with Crippen LogP contribution in [0.2, 0.25) is 0 Å². The second-order valence-electron chi connectivity index (χ2n) is 4.26. The molecule has 0 radical (unpaired) electrons. The largest absolute Gasteiger partial charge is 0.493 e. The second-order valence-corrected chi connectivity index (χ2v) is 5.07. The first-order valence-electron chi connectivity index (χ1n) is 6.25. The number of benzene rings is 1. The molecule has 0 aliphatic rings. The third-order valence-electron chi connectivity index (χ3n) is 2.80. The highest BCUT2D eigenvalue weighted by molar-refractivity contribution is 9.10. The van der Waals surface area contributed by atoms with Crippen LogP contribution in [0.25, 0.3) is 0 Å². The van der Waals surface area contributed by atoms with E-state index >= 15 is 0 Å². The van der Waals surface area contributed by atoms with Crippen molar-refractivity contribution in [2.45, 2.75) is 6.42 Å². The number of hydrogen-bond acceptors (Lipinski definition) is 4. The van der Waals surface area contributed by atoms with Gasteiger partial charge in [0.1, 0.15) is 10.4 Å². The Kier molecular flexibility index (Phi) is 5.16. The van der Waals surface area contributed by atoms with Crippen molar-refractivity contribution in [3.8, 4) is 11.5 Å². The smallest absolute Gasteiger partial charge is 0.229 e. The van der Waals surface area contributed by atoms with E-state index < -0.39 is 0 Å². The molecule has 0 saturated heterocycles. The zero-order chi connectivity index (χ0) is 15.2. The van der Waals surface area contributed by atoms with E-state index in [0.29, 0.717) is 21.9 Å². The van der Waals surface area contributed by atoms with Gasteiger partial charge in [-0.15, -0.1) is 0 Å². The minimum Gasteiger partial charge on any atom is -0.493 e. The first-order chi connectivity index (χ1) is 10.1. The molecule has 5 nitrogen and oxygen atoms in total. The number of halogens is 1. The van der Waals surface area contributed by atoms with Gasteiger partial charge in [-0.05, 0) is 45.8 Å². The fourth-order valence-electron chi connectivity index (χ4n) is 1.84. The van der Waals surface area contributed by atoms with E-state index in [1.165, 1.54) is 0 Å². The van der Waals surface area contributed by atoms with E-state index in [4.69, 9.17) is 9.47 Å². The normalized spacial score (nSPS) is 10.0. The number of hydrogen-bond donors (Lipinski definition) is 1.